The molecule has 1 amide bonds. The number of nitrogens with zero attached hydrogens (tertiary/aromatic N) is 2. The number of carbonyl (C=O) groups excluding carboxylic acids is 1. The van der Waals surface area contributed by atoms with Gasteiger partial charge in [-0.3, -0.25) is 4.79 Å². The van der Waals surface area contributed by atoms with E-state index in [4.69, 9.17) is 0 Å². The minimum absolute atomic E-state index is 0.0482. The van der Waals surface area contributed by atoms with Crippen molar-refractivity contribution in [3.63, 3.8) is 0 Å². The Morgan fingerprint density at radius 2 is 2.10 bits per heavy atom. The number of carbonyl (C=O) groups is 1. The maximum Gasteiger partial charge on any atom is 0.267 e. The summed E-state index contributed by atoms with van der Waals surface area (Å²) in [6.45, 7) is 9.47. The third-order valence-corrected chi connectivity index (χ3v) is 4.70. The zero-order chi connectivity index (χ0) is 15.2. The summed E-state index contributed by atoms with van der Waals surface area (Å²) in [5.41, 5.74) is 0.759. The first-order valence-corrected chi connectivity index (χ1v) is 8.79. The molecule has 1 aromatic heterocycles. The predicted molar refractivity (Wildman–Crippen MR) is 89.6 cm³/mol. The lowest BCUT2D eigenvalue weighted by Crippen LogP contribution is -2.38. The summed E-state index contributed by atoms with van der Waals surface area (Å²) < 4.78 is 3.00. The van der Waals surface area contributed by atoms with E-state index in [1.54, 1.807) is 0 Å². The number of aryl methyl sites for hydroxylation is 1. The van der Waals surface area contributed by atoms with Gasteiger partial charge in [0, 0.05) is 23.8 Å². The van der Waals surface area contributed by atoms with E-state index in [0.29, 0.717) is 5.92 Å². The lowest BCUT2D eigenvalue weighted by Gasteiger charge is -2.31. The second-order valence-corrected chi connectivity index (χ2v) is 6.74. The smallest absolute Gasteiger partial charge is 0.267 e. The average Bonchev–Trinajstić information content (AvgIpc) is 2.86. The molecule has 0 unspecified atom stereocenters. The van der Waals surface area contributed by atoms with Crippen molar-refractivity contribution in [3.05, 3.63) is 22.4 Å². The molecule has 1 aliphatic rings. The van der Waals surface area contributed by atoms with Gasteiger partial charge < -0.3 is 14.8 Å². The summed E-state index contributed by atoms with van der Waals surface area (Å²) in [4.78, 5) is 14.8. The first kappa shape index (κ1) is 16.6. The van der Waals surface area contributed by atoms with Crippen LogP contribution in [0, 0.1) is 5.92 Å². The van der Waals surface area contributed by atoms with E-state index >= 15 is 0 Å². The van der Waals surface area contributed by atoms with Crippen molar-refractivity contribution in [1.82, 2.24) is 14.8 Å². The molecule has 0 atom stereocenters. The first-order valence-electron chi connectivity index (χ1n) is 8.00. The van der Waals surface area contributed by atoms with Crippen LogP contribution in [0.2, 0.25) is 0 Å². The minimum Gasteiger partial charge on any atom is -0.350 e. The summed E-state index contributed by atoms with van der Waals surface area (Å²) in [7, 11) is 0. The summed E-state index contributed by atoms with van der Waals surface area (Å²) in [6.07, 6.45) is 5.39. The highest BCUT2D eigenvalue weighted by atomic mass is 79.9. The van der Waals surface area contributed by atoms with Gasteiger partial charge in [0.25, 0.3) is 5.91 Å². The number of piperidine rings is 1. The zero-order valence-corrected chi connectivity index (χ0v) is 14.7. The lowest BCUT2D eigenvalue weighted by atomic mass is 9.97. The van der Waals surface area contributed by atoms with Gasteiger partial charge in [0.2, 0.25) is 0 Å². The Morgan fingerprint density at radius 1 is 1.38 bits per heavy atom. The topological polar surface area (TPSA) is 37.3 Å². The van der Waals surface area contributed by atoms with Crippen LogP contribution in [0.25, 0.3) is 0 Å². The molecule has 1 fully saturated rings. The molecule has 0 saturated carbocycles. The highest BCUT2D eigenvalue weighted by molar-refractivity contribution is 9.10. The molecule has 0 aliphatic carbocycles. The molecule has 0 radical (unpaired) electrons. The van der Waals surface area contributed by atoms with Gasteiger partial charge in [-0.05, 0) is 66.8 Å². The predicted octanol–water partition coefficient (Wildman–Crippen LogP) is 3.12. The fourth-order valence-corrected chi connectivity index (χ4v) is 3.39. The Labute approximate surface area is 136 Å². The van der Waals surface area contributed by atoms with Gasteiger partial charge in [-0.15, -0.1) is 0 Å². The van der Waals surface area contributed by atoms with E-state index < -0.39 is 0 Å². The number of halogens is 1. The molecule has 1 aliphatic heterocycles. The molecule has 4 nitrogen and oxygen atoms in total. The van der Waals surface area contributed by atoms with E-state index in [1.165, 1.54) is 12.8 Å². The van der Waals surface area contributed by atoms with Gasteiger partial charge in [0.15, 0.2) is 0 Å². The van der Waals surface area contributed by atoms with Crippen molar-refractivity contribution >= 4 is 21.8 Å². The molecule has 1 aromatic rings. The first-order chi connectivity index (χ1) is 10.1. The quantitative estimate of drug-likeness (QED) is 0.850. The molecule has 0 spiro atoms. The van der Waals surface area contributed by atoms with E-state index in [1.807, 2.05) is 16.8 Å². The highest BCUT2D eigenvalue weighted by Gasteiger charge is 2.19. The van der Waals surface area contributed by atoms with Crippen LogP contribution in [0.5, 0.6) is 0 Å². The van der Waals surface area contributed by atoms with Crippen molar-refractivity contribution < 1.29 is 4.79 Å². The van der Waals surface area contributed by atoms with Crippen LogP contribution in [0.1, 0.15) is 43.6 Å². The molecular formula is C16H26BrN3O. The normalized spacial score (nSPS) is 17.1. The third kappa shape index (κ3) is 4.58. The van der Waals surface area contributed by atoms with Gasteiger partial charge in [-0.2, -0.15) is 0 Å². The fraction of sp³-hybridized carbons (Fsp3) is 0.688. The van der Waals surface area contributed by atoms with Crippen molar-refractivity contribution in [1.29, 1.82) is 0 Å². The van der Waals surface area contributed by atoms with Gasteiger partial charge in [-0.1, -0.05) is 13.8 Å². The molecule has 0 aromatic carbocycles. The van der Waals surface area contributed by atoms with E-state index in [9.17, 15) is 4.79 Å². The van der Waals surface area contributed by atoms with Crippen LogP contribution in [-0.2, 0) is 6.54 Å². The molecule has 1 N–H and O–H groups in total. The summed E-state index contributed by atoms with van der Waals surface area (Å²) in [6, 6.07) is 1.91. The van der Waals surface area contributed by atoms with Crippen molar-refractivity contribution in [3.8, 4) is 0 Å². The number of rotatable bonds is 6. The number of likely N-dealkylation sites (tertiary alicyclic amines) is 1. The Hall–Kier alpha value is -0.810. The SMILES string of the molecule is CCCn1cc(Br)cc1C(=O)NCC1CCN(CC)CC1. The summed E-state index contributed by atoms with van der Waals surface area (Å²) in [5, 5.41) is 3.11. The van der Waals surface area contributed by atoms with E-state index in [0.717, 1.165) is 49.3 Å². The Morgan fingerprint density at radius 3 is 2.71 bits per heavy atom. The maximum absolute atomic E-state index is 12.4. The van der Waals surface area contributed by atoms with Crippen molar-refractivity contribution in [2.45, 2.75) is 39.7 Å². The van der Waals surface area contributed by atoms with Crippen LogP contribution in [0.15, 0.2) is 16.7 Å². The van der Waals surface area contributed by atoms with Gasteiger partial charge >= 0.3 is 0 Å². The maximum atomic E-state index is 12.4. The monoisotopic (exact) mass is 355 g/mol. The van der Waals surface area contributed by atoms with Crippen LogP contribution in [-0.4, -0.2) is 41.6 Å². The summed E-state index contributed by atoms with van der Waals surface area (Å²) >= 11 is 3.46. The molecule has 1 saturated heterocycles. The van der Waals surface area contributed by atoms with Gasteiger partial charge in [0.05, 0.1) is 0 Å². The molecule has 2 rings (SSSR count). The van der Waals surface area contributed by atoms with Crippen molar-refractivity contribution in [2.75, 3.05) is 26.2 Å². The van der Waals surface area contributed by atoms with Gasteiger partial charge in [0.1, 0.15) is 5.69 Å². The molecular weight excluding hydrogens is 330 g/mol. The van der Waals surface area contributed by atoms with Crippen LogP contribution in [0.3, 0.4) is 0 Å². The highest BCUT2D eigenvalue weighted by Crippen LogP contribution is 2.18. The average molecular weight is 356 g/mol. The largest absolute Gasteiger partial charge is 0.350 e. The number of hydrogen-bond donors (Lipinski definition) is 1. The molecule has 5 heteroatoms. The van der Waals surface area contributed by atoms with Crippen LogP contribution >= 0.6 is 15.9 Å². The third-order valence-electron chi connectivity index (χ3n) is 4.27. The fourth-order valence-electron chi connectivity index (χ4n) is 2.93. The Kier molecular flexibility index (Phi) is 6.30. The molecule has 21 heavy (non-hydrogen) atoms. The zero-order valence-electron chi connectivity index (χ0n) is 13.1. The molecule has 0 bridgehead atoms. The molecule has 2 heterocycles. The number of amides is 1. The lowest BCUT2D eigenvalue weighted by molar-refractivity contribution is 0.0927. The van der Waals surface area contributed by atoms with E-state index in [2.05, 4.69) is 40.0 Å². The Balaban J connectivity index is 1.85. The van der Waals surface area contributed by atoms with Crippen molar-refractivity contribution in [2.24, 2.45) is 5.92 Å². The van der Waals surface area contributed by atoms with Crippen LogP contribution < -0.4 is 5.32 Å². The number of hydrogen-bond acceptors (Lipinski definition) is 2. The van der Waals surface area contributed by atoms with E-state index in [-0.39, 0.29) is 5.91 Å². The summed E-state index contributed by atoms with van der Waals surface area (Å²) in [5.74, 6) is 0.668. The Bertz CT molecular complexity index is 464. The van der Waals surface area contributed by atoms with Gasteiger partial charge in [-0.25, -0.2) is 0 Å². The number of aromatic nitrogens is 1. The standard InChI is InChI=1S/C16H26BrN3O/c1-3-7-20-12-14(17)10-15(20)16(21)18-11-13-5-8-19(4-2)9-6-13/h10,12-13H,3-9,11H2,1-2H3,(H,18,21). The number of nitrogens with one attached hydrogen (secondary N) is 1. The molecule has 118 valence electrons. The second kappa shape index (κ2) is 7.99. The second-order valence-electron chi connectivity index (χ2n) is 5.82. The van der Waals surface area contributed by atoms with Crippen LogP contribution in [0.4, 0.5) is 0 Å². The minimum atomic E-state index is 0.0482.